The van der Waals surface area contributed by atoms with Gasteiger partial charge in [0.2, 0.25) is 5.91 Å². The zero-order valence-corrected chi connectivity index (χ0v) is 9.72. The maximum Gasteiger partial charge on any atom is 0.305 e. The Morgan fingerprint density at radius 1 is 1.41 bits per heavy atom. The third kappa shape index (κ3) is 2.30. The largest absolute Gasteiger partial charge is 0.481 e. The van der Waals surface area contributed by atoms with Crippen LogP contribution < -0.4 is 0 Å². The van der Waals surface area contributed by atoms with Gasteiger partial charge in [-0.2, -0.15) is 0 Å². The minimum atomic E-state index is -0.877. The molecule has 2 rings (SSSR count). The number of carboxylic acid groups (broad SMARTS) is 1. The van der Waals surface area contributed by atoms with Gasteiger partial charge in [-0.15, -0.1) is 0 Å². The van der Waals surface area contributed by atoms with Crippen molar-refractivity contribution < 1.29 is 14.7 Å². The van der Waals surface area contributed by atoms with Gasteiger partial charge in [0.05, 0.1) is 12.5 Å². The van der Waals surface area contributed by atoms with Crippen LogP contribution in [0.1, 0.15) is 30.5 Å². The first kappa shape index (κ1) is 11.6. The zero-order chi connectivity index (χ0) is 12.4. The van der Waals surface area contributed by atoms with Crippen molar-refractivity contribution in [2.75, 3.05) is 6.54 Å². The molecule has 0 radical (unpaired) electrons. The van der Waals surface area contributed by atoms with Gasteiger partial charge in [0.15, 0.2) is 0 Å². The predicted molar refractivity (Wildman–Crippen MR) is 62.5 cm³/mol. The van der Waals surface area contributed by atoms with Crippen molar-refractivity contribution in [2.24, 2.45) is 0 Å². The van der Waals surface area contributed by atoms with Crippen molar-refractivity contribution >= 4 is 11.9 Å². The summed E-state index contributed by atoms with van der Waals surface area (Å²) in [6.07, 6.45) is 0.766. The lowest BCUT2D eigenvalue weighted by Gasteiger charge is -2.36. The second-order valence-corrected chi connectivity index (χ2v) is 4.27. The minimum Gasteiger partial charge on any atom is -0.481 e. The molecule has 4 heteroatoms. The van der Waals surface area contributed by atoms with Crippen LogP contribution in [-0.2, 0) is 16.0 Å². The minimum absolute atomic E-state index is 0.0312. The number of carbonyl (C=O) groups is 2. The first-order valence-corrected chi connectivity index (χ1v) is 5.66. The van der Waals surface area contributed by atoms with E-state index in [2.05, 4.69) is 0 Å². The maximum atomic E-state index is 11.5. The molecule has 1 N–H and O–H groups in total. The molecule has 0 aromatic heterocycles. The average molecular weight is 233 g/mol. The van der Waals surface area contributed by atoms with Crippen LogP contribution in [0.5, 0.6) is 0 Å². The number of nitrogens with zero attached hydrogens (tertiary/aromatic N) is 1. The van der Waals surface area contributed by atoms with Crippen LogP contribution in [0.4, 0.5) is 0 Å². The van der Waals surface area contributed by atoms with Crippen LogP contribution in [0.15, 0.2) is 24.3 Å². The summed E-state index contributed by atoms with van der Waals surface area (Å²) in [6, 6.07) is 7.42. The Morgan fingerprint density at radius 2 is 2.12 bits per heavy atom. The summed E-state index contributed by atoms with van der Waals surface area (Å²) < 4.78 is 0. The number of benzene rings is 1. The van der Waals surface area contributed by atoms with Crippen molar-refractivity contribution in [1.82, 2.24) is 4.90 Å². The number of hydrogen-bond acceptors (Lipinski definition) is 2. The van der Waals surface area contributed by atoms with E-state index in [4.69, 9.17) is 5.11 Å². The predicted octanol–water partition coefficient (Wildman–Crippen LogP) is 1.61. The van der Waals surface area contributed by atoms with Crippen molar-refractivity contribution in [2.45, 2.75) is 25.8 Å². The average Bonchev–Trinajstić information content (AvgIpc) is 2.28. The smallest absolute Gasteiger partial charge is 0.305 e. The molecule has 0 saturated heterocycles. The zero-order valence-electron chi connectivity index (χ0n) is 9.72. The highest BCUT2D eigenvalue weighted by Gasteiger charge is 2.30. The monoisotopic (exact) mass is 233 g/mol. The van der Waals surface area contributed by atoms with E-state index in [9.17, 15) is 9.59 Å². The van der Waals surface area contributed by atoms with Gasteiger partial charge >= 0.3 is 5.97 Å². The van der Waals surface area contributed by atoms with Crippen LogP contribution in [-0.4, -0.2) is 28.4 Å². The van der Waals surface area contributed by atoms with Crippen LogP contribution in [0.25, 0.3) is 0 Å². The van der Waals surface area contributed by atoms with Gasteiger partial charge in [0.1, 0.15) is 0 Å². The second kappa shape index (κ2) is 4.57. The summed E-state index contributed by atoms with van der Waals surface area (Å²) in [5.74, 6) is -0.941. The quantitative estimate of drug-likeness (QED) is 0.844. The van der Waals surface area contributed by atoms with E-state index in [1.54, 1.807) is 4.90 Å². The molecule has 1 heterocycles. The fraction of sp³-hybridized carbons (Fsp3) is 0.385. The molecule has 0 bridgehead atoms. The number of rotatable bonds is 2. The van der Waals surface area contributed by atoms with Gasteiger partial charge in [-0.05, 0) is 17.5 Å². The van der Waals surface area contributed by atoms with E-state index in [0.717, 1.165) is 17.5 Å². The number of carboxylic acids is 1. The molecule has 0 saturated carbocycles. The van der Waals surface area contributed by atoms with Crippen molar-refractivity contribution in [3.8, 4) is 0 Å². The van der Waals surface area contributed by atoms with E-state index in [1.165, 1.54) is 6.92 Å². The van der Waals surface area contributed by atoms with Gasteiger partial charge in [0, 0.05) is 13.5 Å². The van der Waals surface area contributed by atoms with Gasteiger partial charge in [-0.3, -0.25) is 9.59 Å². The topological polar surface area (TPSA) is 57.6 Å². The van der Waals surface area contributed by atoms with Crippen LogP contribution in [0.3, 0.4) is 0 Å². The summed E-state index contributed by atoms with van der Waals surface area (Å²) in [4.78, 5) is 24.1. The Labute approximate surface area is 99.9 Å². The molecule has 90 valence electrons. The van der Waals surface area contributed by atoms with Crippen LogP contribution >= 0.6 is 0 Å². The number of carbonyl (C=O) groups excluding carboxylic acids is 1. The molecule has 17 heavy (non-hydrogen) atoms. The highest BCUT2D eigenvalue weighted by molar-refractivity contribution is 5.76. The number of aliphatic carboxylic acids is 1. The number of amides is 1. The first-order chi connectivity index (χ1) is 8.09. The Kier molecular flexibility index (Phi) is 3.13. The van der Waals surface area contributed by atoms with E-state index in [1.807, 2.05) is 24.3 Å². The first-order valence-electron chi connectivity index (χ1n) is 5.66. The molecular weight excluding hydrogens is 218 g/mol. The normalized spacial score (nSPS) is 18.6. The summed E-state index contributed by atoms with van der Waals surface area (Å²) in [5.41, 5.74) is 2.12. The SMILES string of the molecule is CC(=O)N1CCc2ccccc2[C@@H]1CC(=O)O. The maximum absolute atomic E-state index is 11.5. The molecule has 1 aliphatic heterocycles. The summed E-state index contributed by atoms with van der Waals surface area (Å²) in [5, 5.41) is 8.95. The summed E-state index contributed by atoms with van der Waals surface area (Å²) >= 11 is 0. The van der Waals surface area contributed by atoms with E-state index >= 15 is 0 Å². The second-order valence-electron chi connectivity index (χ2n) is 4.27. The van der Waals surface area contributed by atoms with Crippen molar-refractivity contribution in [3.63, 3.8) is 0 Å². The highest BCUT2D eigenvalue weighted by Crippen LogP contribution is 2.32. The third-order valence-corrected chi connectivity index (χ3v) is 3.18. The van der Waals surface area contributed by atoms with Crippen LogP contribution in [0.2, 0.25) is 0 Å². The third-order valence-electron chi connectivity index (χ3n) is 3.18. The molecule has 1 atom stereocenters. The van der Waals surface area contributed by atoms with Crippen LogP contribution in [0, 0.1) is 0 Å². The van der Waals surface area contributed by atoms with E-state index in [0.29, 0.717) is 6.54 Å². The van der Waals surface area contributed by atoms with E-state index in [-0.39, 0.29) is 18.4 Å². The Balaban J connectivity index is 2.38. The molecule has 1 aromatic rings. The van der Waals surface area contributed by atoms with Gasteiger partial charge < -0.3 is 10.0 Å². The molecule has 0 fully saturated rings. The van der Waals surface area contributed by atoms with Gasteiger partial charge in [0.25, 0.3) is 0 Å². The highest BCUT2D eigenvalue weighted by atomic mass is 16.4. The molecule has 1 aliphatic rings. The Morgan fingerprint density at radius 3 is 2.76 bits per heavy atom. The molecule has 0 spiro atoms. The molecule has 1 aromatic carbocycles. The van der Waals surface area contributed by atoms with E-state index < -0.39 is 5.97 Å². The Hall–Kier alpha value is -1.84. The van der Waals surface area contributed by atoms with Gasteiger partial charge in [-0.1, -0.05) is 24.3 Å². The summed E-state index contributed by atoms with van der Waals surface area (Å²) in [6.45, 7) is 2.09. The van der Waals surface area contributed by atoms with Gasteiger partial charge in [-0.25, -0.2) is 0 Å². The fourth-order valence-electron chi connectivity index (χ4n) is 2.41. The molecular formula is C13H15NO3. The van der Waals surface area contributed by atoms with Crippen molar-refractivity contribution in [1.29, 1.82) is 0 Å². The molecule has 4 nitrogen and oxygen atoms in total. The molecule has 0 unspecified atom stereocenters. The standard InChI is InChI=1S/C13H15NO3/c1-9(15)14-7-6-10-4-2-3-5-11(10)12(14)8-13(16)17/h2-5,12H,6-8H2,1H3,(H,16,17)/t12-/m0/s1. The lowest BCUT2D eigenvalue weighted by atomic mass is 9.91. The fourth-order valence-corrected chi connectivity index (χ4v) is 2.41. The lowest BCUT2D eigenvalue weighted by molar-refractivity contribution is -0.140. The lowest BCUT2D eigenvalue weighted by Crippen LogP contribution is -2.39. The Bertz CT molecular complexity index is 456. The number of fused-ring (bicyclic) bond motifs is 1. The molecule has 1 amide bonds. The summed E-state index contributed by atoms with van der Waals surface area (Å²) in [7, 11) is 0. The molecule has 0 aliphatic carbocycles. The number of hydrogen-bond donors (Lipinski definition) is 1. The van der Waals surface area contributed by atoms with Crippen molar-refractivity contribution in [3.05, 3.63) is 35.4 Å².